The van der Waals surface area contributed by atoms with Crippen LogP contribution in [0.25, 0.3) is 11.3 Å². The Labute approximate surface area is 169 Å². The Morgan fingerprint density at radius 2 is 1.55 bits per heavy atom. The molecule has 0 unspecified atom stereocenters. The fourth-order valence-electron chi connectivity index (χ4n) is 2.60. The number of hydrogen-bond acceptors (Lipinski definition) is 7. The van der Waals surface area contributed by atoms with E-state index in [1.807, 2.05) is 6.92 Å². The Morgan fingerprint density at radius 3 is 2.14 bits per heavy atom. The zero-order valence-electron chi connectivity index (χ0n) is 16.1. The molecule has 0 radical (unpaired) electrons. The Kier molecular flexibility index (Phi) is 5.84. The van der Waals surface area contributed by atoms with Gasteiger partial charge in [0.25, 0.3) is 0 Å². The van der Waals surface area contributed by atoms with Crippen LogP contribution < -0.4 is 8.92 Å². The van der Waals surface area contributed by atoms with Crippen molar-refractivity contribution in [2.45, 2.75) is 11.8 Å². The molecular weight excluding hydrogens is 394 g/mol. The molecule has 0 amide bonds. The highest BCUT2D eigenvalue weighted by Gasteiger charge is 2.21. The quantitative estimate of drug-likeness (QED) is 0.450. The van der Waals surface area contributed by atoms with Crippen LogP contribution in [-0.4, -0.2) is 33.6 Å². The molecular formula is C21H19NO6S. The third-order valence-corrected chi connectivity index (χ3v) is 5.38. The first kappa shape index (κ1) is 20.3. The van der Waals surface area contributed by atoms with Crippen LogP contribution in [0.4, 0.5) is 0 Å². The number of esters is 1. The second kappa shape index (κ2) is 8.32. The van der Waals surface area contributed by atoms with Crippen LogP contribution in [0.1, 0.15) is 15.9 Å². The van der Waals surface area contributed by atoms with Crippen LogP contribution in [0.2, 0.25) is 0 Å². The maximum Gasteiger partial charge on any atom is 0.340 e. The Morgan fingerprint density at radius 1 is 0.897 bits per heavy atom. The van der Waals surface area contributed by atoms with Gasteiger partial charge in [-0.2, -0.15) is 8.42 Å². The monoisotopic (exact) mass is 413 g/mol. The van der Waals surface area contributed by atoms with Crippen molar-refractivity contribution in [3.63, 3.8) is 0 Å². The van der Waals surface area contributed by atoms with Crippen molar-refractivity contribution in [2.24, 2.45) is 0 Å². The number of hydrogen-bond donors (Lipinski definition) is 0. The Bertz CT molecular complexity index is 1120. The number of carbonyl (C=O) groups excluding carboxylic acids is 1. The predicted molar refractivity (Wildman–Crippen MR) is 107 cm³/mol. The van der Waals surface area contributed by atoms with E-state index in [-0.39, 0.29) is 22.0 Å². The van der Waals surface area contributed by atoms with Gasteiger partial charge in [-0.25, -0.2) is 9.78 Å². The third kappa shape index (κ3) is 4.55. The van der Waals surface area contributed by atoms with Crippen LogP contribution >= 0.6 is 0 Å². The first-order valence-electron chi connectivity index (χ1n) is 8.59. The predicted octanol–water partition coefficient (Wildman–Crippen LogP) is 3.62. The summed E-state index contributed by atoms with van der Waals surface area (Å²) in [5.74, 6) is -0.136. The van der Waals surface area contributed by atoms with Gasteiger partial charge in [0.2, 0.25) is 5.88 Å². The van der Waals surface area contributed by atoms with E-state index < -0.39 is 16.1 Å². The number of benzene rings is 2. The van der Waals surface area contributed by atoms with Crippen molar-refractivity contribution in [3.8, 4) is 22.9 Å². The molecule has 0 saturated heterocycles. The van der Waals surface area contributed by atoms with Gasteiger partial charge in [-0.3, -0.25) is 0 Å². The molecule has 0 N–H and O–H groups in total. The first-order chi connectivity index (χ1) is 13.8. The number of nitrogens with zero attached hydrogens (tertiary/aromatic N) is 1. The molecule has 150 valence electrons. The zero-order valence-corrected chi connectivity index (χ0v) is 16.9. The summed E-state index contributed by atoms with van der Waals surface area (Å²) in [6.45, 7) is 1.85. The highest BCUT2D eigenvalue weighted by Crippen LogP contribution is 2.28. The smallest absolute Gasteiger partial charge is 0.340 e. The van der Waals surface area contributed by atoms with E-state index in [9.17, 15) is 13.2 Å². The fraction of sp³-hybridized carbons (Fsp3) is 0.143. The summed E-state index contributed by atoms with van der Waals surface area (Å²) >= 11 is 0. The lowest BCUT2D eigenvalue weighted by atomic mass is 10.1. The van der Waals surface area contributed by atoms with Gasteiger partial charge in [0.05, 0.1) is 25.5 Å². The summed E-state index contributed by atoms with van der Waals surface area (Å²) in [4.78, 5) is 16.4. The molecule has 0 bridgehead atoms. The number of pyridine rings is 1. The maximum absolute atomic E-state index is 12.5. The molecule has 7 nitrogen and oxygen atoms in total. The van der Waals surface area contributed by atoms with Crippen molar-refractivity contribution >= 4 is 16.1 Å². The second-order valence-electron chi connectivity index (χ2n) is 6.12. The summed E-state index contributed by atoms with van der Waals surface area (Å²) in [6, 6.07) is 15.8. The molecule has 3 aromatic rings. The maximum atomic E-state index is 12.5. The van der Waals surface area contributed by atoms with E-state index in [0.717, 1.165) is 5.56 Å². The van der Waals surface area contributed by atoms with Crippen molar-refractivity contribution in [2.75, 3.05) is 14.2 Å². The third-order valence-electron chi connectivity index (χ3n) is 4.14. The van der Waals surface area contributed by atoms with E-state index in [1.54, 1.807) is 36.4 Å². The summed E-state index contributed by atoms with van der Waals surface area (Å²) < 4.78 is 40.2. The van der Waals surface area contributed by atoms with Crippen LogP contribution in [0.5, 0.6) is 11.6 Å². The number of methoxy groups -OCH3 is 2. The average molecular weight is 413 g/mol. The molecule has 0 spiro atoms. The lowest BCUT2D eigenvalue weighted by Crippen LogP contribution is -2.12. The van der Waals surface area contributed by atoms with Gasteiger partial charge in [-0.1, -0.05) is 17.7 Å². The van der Waals surface area contributed by atoms with Crippen LogP contribution in [0.15, 0.2) is 65.6 Å². The molecule has 0 fully saturated rings. The molecule has 29 heavy (non-hydrogen) atoms. The van der Waals surface area contributed by atoms with Gasteiger partial charge < -0.3 is 13.7 Å². The SMILES string of the molecule is COC(=O)c1ccc(OS(=O)(=O)c2ccc(C)cc2)nc1-c1ccc(OC)cc1. The van der Waals surface area contributed by atoms with Crippen LogP contribution in [0.3, 0.4) is 0 Å². The van der Waals surface area contributed by atoms with E-state index in [0.29, 0.717) is 11.3 Å². The second-order valence-corrected chi connectivity index (χ2v) is 7.66. The van der Waals surface area contributed by atoms with Gasteiger partial charge in [-0.15, -0.1) is 0 Å². The average Bonchev–Trinajstić information content (AvgIpc) is 2.73. The van der Waals surface area contributed by atoms with Gasteiger partial charge in [0.1, 0.15) is 10.6 Å². The molecule has 1 aromatic heterocycles. The van der Waals surface area contributed by atoms with E-state index >= 15 is 0 Å². The van der Waals surface area contributed by atoms with Crippen LogP contribution in [0, 0.1) is 6.92 Å². The summed E-state index contributed by atoms with van der Waals surface area (Å²) in [6.07, 6.45) is 0. The van der Waals surface area contributed by atoms with Crippen molar-refractivity contribution in [1.82, 2.24) is 4.98 Å². The minimum absolute atomic E-state index is 0.00735. The molecule has 8 heteroatoms. The number of rotatable bonds is 6. The zero-order chi connectivity index (χ0) is 21.0. The molecule has 1 heterocycles. The van der Waals surface area contributed by atoms with Gasteiger partial charge >= 0.3 is 16.1 Å². The topological polar surface area (TPSA) is 91.8 Å². The molecule has 3 rings (SSSR count). The molecule has 0 aliphatic heterocycles. The van der Waals surface area contributed by atoms with E-state index in [2.05, 4.69) is 4.98 Å². The summed E-state index contributed by atoms with van der Waals surface area (Å²) in [5.41, 5.74) is 1.91. The number of ether oxygens (including phenoxy) is 2. The van der Waals surface area contributed by atoms with Gasteiger partial charge in [0.15, 0.2) is 0 Å². The van der Waals surface area contributed by atoms with Crippen molar-refractivity contribution < 1.29 is 26.9 Å². The molecule has 0 saturated carbocycles. The van der Waals surface area contributed by atoms with Gasteiger partial charge in [-0.05, 0) is 49.4 Å². The summed E-state index contributed by atoms with van der Waals surface area (Å²) in [7, 11) is -1.28. The normalized spacial score (nSPS) is 11.0. The van der Waals surface area contributed by atoms with E-state index in [1.165, 1.54) is 38.5 Å². The number of aromatic nitrogens is 1. The molecule has 0 aliphatic carbocycles. The number of aryl methyl sites for hydroxylation is 1. The Balaban J connectivity index is 2.02. The fourth-order valence-corrected chi connectivity index (χ4v) is 3.48. The highest BCUT2D eigenvalue weighted by molar-refractivity contribution is 7.87. The Hall–Kier alpha value is -3.39. The van der Waals surface area contributed by atoms with Crippen LogP contribution in [-0.2, 0) is 14.9 Å². The van der Waals surface area contributed by atoms with Crippen molar-refractivity contribution in [1.29, 1.82) is 0 Å². The van der Waals surface area contributed by atoms with Gasteiger partial charge in [0, 0.05) is 11.6 Å². The molecule has 0 aliphatic rings. The highest BCUT2D eigenvalue weighted by atomic mass is 32.2. The molecule has 0 atom stereocenters. The standard InChI is InChI=1S/C21H19NO6S/c1-14-4-10-17(11-5-14)29(24,25)28-19-13-12-18(21(23)27-3)20(22-19)15-6-8-16(26-2)9-7-15/h4-13H,1-3H3. The minimum atomic E-state index is -4.08. The lowest BCUT2D eigenvalue weighted by Gasteiger charge is -2.11. The number of carbonyl (C=O) groups is 1. The largest absolute Gasteiger partial charge is 0.497 e. The van der Waals surface area contributed by atoms with E-state index in [4.69, 9.17) is 13.7 Å². The lowest BCUT2D eigenvalue weighted by molar-refractivity contribution is 0.0601. The molecule has 2 aromatic carbocycles. The summed E-state index contributed by atoms with van der Waals surface area (Å²) in [5, 5.41) is 0. The minimum Gasteiger partial charge on any atom is -0.497 e. The van der Waals surface area contributed by atoms with Crippen molar-refractivity contribution in [3.05, 3.63) is 71.8 Å². The first-order valence-corrected chi connectivity index (χ1v) is 10.00.